The highest BCUT2D eigenvalue weighted by molar-refractivity contribution is 5.82. The lowest BCUT2D eigenvalue weighted by Crippen LogP contribution is -2.58. The fraction of sp³-hybridized carbons (Fsp3) is 0.923. The van der Waals surface area contributed by atoms with E-state index in [-0.39, 0.29) is 24.1 Å². The maximum absolute atomic E-state index is 12.2. The smallest absolute Gasteiger partial charge is 0.240 e. The third-order valence-corrected chi connectivity index (χ3v) is 4.01. The molecule has 2 unspecified atom stereocenters. The van der Waals surface area contributed by atoms with Gasteiger partial charge in [0.25, 0.3) is 0 Å². The van der Waals surface area contributed by atoms with Crippen LogP contribution in [0.3, 0.4) is 0 Å². The molecule has 4 atom stereocenters. The molecule has 2 heterocycles. The summed E-state index contributed by atoms with van der Waals surface area (Å²) in [4.78, 5) is 12.2. The molecule has 1 amide bonds. The van der Waals surface area contributed by atoms with E-state index in [1.165, 1.54) is 12.8 Å². The predicted molar refractivity (Wildman–Crippen MR) is 70.4 cm³/mol. The maximum Gasteiger partial charge on any atom is 0.240 e. The molecule has 0 bridgehead atoms. The van der Waals surface area contributed by atoms with E-state index >= 15 is 0 Å². The number of ether oxygens (including phenoxy) is 1. The Morgan fingerprint density at radius 3 is 2.94 bits per heavy atom. The molecule has 0 aromatic rings. The van der Waals surface area contributed by atoms with Gasteiger partial charge in [0, 0.05) is 12.6 Å². The maximum atomic E-state index is 12.2. The Balaban J connectivity index is 1.81. The van der Waals surface area contributed by atoms with Crippen molar-refractivity contribution < 1.29 is 9.53 Å². The molecule has 5 nitrogen and oxygen atoms in total. The first-order valence-corrected chi connectivity index (χ1v) is 7.04. The van der Waals surface area contributed by atoms with Crippen molar-refractivity contribution in [3.63, 3.8) is 0 Å². The third-order valence-electron chi connectivity index (χ3n) is 4.01. The Kier molecular flexibility index (Phi) is 4.97. The first-order chi connectivity index (χ1) is 8.68. The van der Waals surface area contributed by atoms with Crippen LogP contribution in [-0.4, -0.2) is 50.3 Å². The summed E-state index contributed by atoms with van der Waals surface area (Å²) in [6.45, 7) is 7.60. The van der Waals surface area contributed by atoms with E-state index in [4.69, 9.17) is 4.74 Å². The molecular weight excluding hydrogens is 230 g/mol. The molecule has 104 valence electrons. The third kappa shape index (κ3) is 3.43. The average molecular weight is 255 g/mol. The number of amides is 1. The van der Waals surface area contributed by atoms with Crippen LogP contribution in [0.15, 0.2) is 0 Å². The Morgan fingerprint density at radius 2 is 2.28 bits per heavy atom. The van der Waals surface area contributed by atoms with E-state index in [1.54, 1.807) is 0 Å². The summed E-state index contributed by atoms with van der Waals surface area (Å²) in [5.74, 6) is 0.614. The van der Waals surface area contributed by atoms with Gasteiger partial charge in [-0.05, 0) is 45.7 Å². The van der Waals surface area contributed by atoms with Gasteiger partial charge in [-0.2, -0.15) is 0 Å². The molecule has 2 saturated heterocycles. The van der Waals surface area contributed by atoms with Crippen LogP contribution in [-0.2, 0) is 9.53 Å². The lowest BCUT2D eigenvalue weighted by Gasteiger charge is -2.33. The summed E-state index contributed by atoms with van der Waals surface area (Å²) in [5, 5.41) is 9.74. The number of rotatable bonds is 3. The van der Waals surface area contributed by atoms with Crippen LogP contribution >= 0.6 is 0 Å². The van der Waals surface area contributed by atoms with Gasteiger partial charge in [-0.3, -0.25) is 4.79 Å². The highest BCUT2D eigenvalue weighted by Crippen LogP contribution is 2.14. The summed E-state index contributed by atoms with van der Waals surface area (Å²) in [6.07, 6.45) is 2.35. The fourth-order valence-corrected chi connectivity index (χ4v) is 2.76. The molecule has 2 aliphatic rings. The van der Waals surface area contributed by atoms with Gasteiger partial charge in [0.1, 0.15) is 6.04 Å². The molecule has 2 fully saturated rings. The summed E-state index contributed by atoms with van der Waals surface area (Å²) >= 11 is 0. The van der Waals surface area contributed by atoms with Gasteiger partial charge in [0.2, 0.25) is 5.91 Å². The minimum absolute atomic E-state index is 0.0459. The topological polar surface area (TPSA) is 62.4 Å². The van der Waals surface area contributed by atoms with Crippen molar-refractivity contribution in [1.82, 2.24) is 16.0 Å². The van der Waals surface area contributed by atoms with Gasteiger partial charge >= 0.3 is 0 Å². The Labute approximate surface area is 109 Å². The number of piperidine rings is 1. The lowest BCUT2D eigenvalue weighted by atomic mass is 9.92. The number of carbonyl (C=O) groups excluding carboxylic acids is 1. The molecule has 0 aromatic carbocycles. The SMILES string of the molecule is CC(NC(=O)[C@H]1NCCO[C@@H]1C)C1CCCNC1. The number of nitrogens with one attached hydrogen (secondary N) is 3. The van der Waals surface area contributed by atoms with E-state index in [9.17, 15) is 4.79 Å². The van der Waals surface area contributed by atoms with Crippen LogP contribution in [0.25, 0.3) is 0 Å². The number of morpholine rings is 1. The van der Waals surface area contributed by atoms with Gasteiger partial charge in [-0.1, -0.05) is 0 Å². The molecule has 5 heteroatoms. The Hall–Kier alpha value is -0.650. The second-order valence-electron chi connectivity index (χ2n) is 5.41. The van der Waals surface area contributed by atoms with Crippen molar-refractivity contribution in [3.8, 4) is 0 Å². The fourth-order valence-electron chi connectivity index (χ4n) is 2.76. The largest absolute Gasteiger partial charge is 0.375 e. The average Bonchev–Trinajstić information content (AvgIpc) is 2.40. The summed E-state index contributed by atoms with van der Waals surface area (Å²) in [5.41, 5.74) is 0. The number of hydrogen-bond acceptors (Lipinski definition) is 4. The summed E-state index contributed by atoms with van der Waals surface area (Å²) < 4.78 is 5.50. The van der Waals surface area contributed by atoms with E-state index in [0.29, 0.717) is 12.5 Å². The molecule has 0 saturated carbocycles. The van der Waals surface area contributed by atoms with Crippen molar-refractivity contribution in [2.45, 2.75) is 44.9 Å². The minimum atomic E-state index is -0.210. The molecule has 0 aliphatic carbocycles. The van der Waals surface area contributed by atoms with Gasteiger partial charge in [0.15, 0.2) is 0 Å². The van der Waals surface area contributed by atoms with Crippen molar-refractivity contribution >= 4 is 5.91 Å². The van der Waals surface area contributed by atoms with Gasteiger partial charge in [0.05, 0.1) is 12.7 Å². The lowest BCUT2D eigenvalue weighted by molar-refractivity contribution is -0.129. The van der Waals surface area contributed by atoms with Crippen LogP contribution in [0.2, 0.25) is 0 Å². The van der Waals surface area contributed by atoms with E-state index < -0.39 is 0 Å². The molecule has 3 N–H and O–H groups in total. The van der Waals surface area contributed by atoms with Crippen LogP contribution in [0.1, 0.15) is 26.7 Å². The zero-order valence-corrected chi connectivity index (χ0v) is 11.4. The number of hydrogen-bond donors (Lipinski definition) is 3. The first-order valence-electron chi connectivity index (χ1n) is 7.04. The minimum Gasteiger partial charge on any atom is -0.375 e. The van der Waals surface area contributed by atoms with Crippen LogP contribution < -0.4 is 16.0 Å². The van der Waals surface area contributed by atoms with Gasteiger partial charge in [-0.25, -0.2) is 0 Å². The first kappa shape index (κ1) is 13.8. The molecular formula is C13H25N3O2. The molecule has 2 rings (SSSR count). The normalized spacial score (nSPS) is 34.9. The molecule has 0 aromatic heterocycles. The summed E-state index contributed by atoms with van der Waals surface area (Å²) in [6, 6.07) is 0.0129. The Bertz CT molecular complexity index is 279. The molecule has 18 heavy (non-hydrogen) atoms. The van der Waals surface area contributed by atoms with Crippen LogP contribution in [0.4, 0.5) is 0 Å². The van der Waals surface area contributed by atoms with Crippen LogP contribution in [0, 0.1) is 5.92 Å². The zero-order valence-electron chi connectivity index (χ0n) is 11.4. The Morgan fingerprint density at radius 1 is 1.44 bits per heavy atom. The van der Waals surface area contributed by atoms with E-state index in [0.717, 1.165) is 19.6 Å². The van der Waals surface area contributed by atoms with Gasteiger partial charge < -0.3 is 20.7 Å². The second kappa shape index (κ2) is 6.50. The van der Waals surface area contributed by atoms with Crippen LogP contribution in [0.5, 0.6) is 0 Å². The number of carbonyl (C=O) groups is 1. The van der Waals surface area contributed by atoms with Crippen molar-refractivity contribution in [2.24, 2.45) is 5.92 Å². The second-order valence-corrected chi connectivity index (χ2v) is 5.41. The molecule has 2 aliphatic heterocycles. The van der Waals surface area contributed by atoms with Crippen molar-refractivity contribution in [1.29, 1.82) is 0 Å². The molecule has 0 radical (unpaired) electrons. The molecule has 0 spiro atoms. The highest BCUT2D eigenvalue weighted by Gasteiger charge is 2.30. The zero-order chi connectivity index (χ0) is 13.0. The van der Waals surface area contributed by atoms with Crippen molar-refractivity contribution in [3.05, 3.63) is 0 Å². The van der Waals surface area contributed by atoms with Gasteiger partial charge in [-0.15, -0.1) is 0 Å². The monoisotopic (exact) mass is 255 g/mol. The standard InChI is InChI=1S/C13H25N3O2/c1-9(11-4-3-5-14-8-11)16-13(17)12-10(2)18-7-6-15-12/h9-12,14-15H,3-8H2,1-2H3,(H,16,17)/t9?,10-,11?,12+/m1/s1. The van der Waals surface area contributed by atoms with E-state index in [1.807, 2.05) is 6.92 Å². The highest BCUT2D eigenvalue weighted by atomic mass is 16.5. The quantitative estimate of drug-likeness (QED) is 0.657. The van der Waals surface area contributed by atoms with E-state index in [2.05, 4.69) is 22.9 Å². The summed E-state index contributed by atoms with van der Waals surface area (Å²) in [7, 11) is 0. The predicted octanol–water partition coefficient (Wildman–Crippen LogP) is -0.132. The van der Waals surface area contributed by atoms with Crippen molar-refractivity contribution in [2.75, 3.05) is 26.2 Å².